The molecule has 140 valence electrons. The van der Waals surface area contributed by atoms with Crippen LogP contribution < -0.4 is 10.6 Å². The zero-order chi connectivity index (χ0) is 18.7. The van der Waals surface area contributed by atoms with Crippen LogP contribution in [0.3, 0.4) is 0 Å². The quantitative estimate of drug-likeness (QED) is 0.781. The van der Waals surface area contributed by atoms with E-state index in [2.05, 4.69) is 5.32 Å². The number of hydrogen-bond donors (Lipinski definition) is 2. The predicted octanol–water partition coefficient (Wildman–Crippen LogP) is 0.316. The summed E-state index contributed by atoms with van der Waals surface area (Å²) in [6.45, 7) is 9.70. The van der Waals surface area contributed by atoms with Gasteiger partial charge in [-0.1, -0.05) is 6.07 Å². The molecule has 1 fully saturated rings. The summed E-state index contributed by atoms with van der Waals surface area (Å²) in [5.74, 6) is -0.154. The summed E-state index contributed by atoms with van der Waals surface area (Å²) in [5, 5.41) is 4.76. The van der Waals surface area contributed by atoms with E-state index in [1.54, 1.807) is 12.1 Å². The molecule has 0 radical (unpaired) electrons. The van der Waals surface area contributed by atoms with Gasteiger partial charge < -0.3 is 15.4 Å². The first-order valence-corrected chi connectivity index (χ1v) is 9.86. The van der Waals surface area contributed by atoms with E-state index >= 15 is 0 Å². The number of carbonyl (C=O) groups is 1. The average Bonchev–Trinajstić information content (AvgIpc) is 2.55. The van der Waals surface area contributed by atoms with Crippen molar-refractivity contribution in [3.8, 4) is 0 Å². The van der Waals surface area contributed by atoms with E-state index < -0.39 is 10.0 Å². The molecular formula is C17H28N3O4S+. The Bertz CT molecular complexity index is 720. The van der Waals surface area contributed by atoms with Crippen molar-refractivity contribution in [1.82, 2.24) is 4.31 Å². The lowest BCUT2D eigenvalue weighted by atomic mass is 10.1. The van der Waals surface area contributed by atoms with Gasteiger partial charge in [0.1, 0.15) is 0 Å². The highest BCUT2D eigenvalue weighted by Gasteiger charge is 2.27. The molecule has 1 aliphatic rings. The maximum atomic E-state index is 12.7. The molecule has 0 spiro atoms. The minimum absolute atomic E-state index is 0.0477. The Labute approximate surface area is 149 Å². The standard InChI is InChI=1S/C17H27N3O4S/c1-13-5-6-14(25(22,23)20-7-9-24-10-8-20)11-15(13)19-16(21)12-18-17(2,3)4/h5-6,11,18H,7-10,12H2,1-4H3,(H,19,21)/p+1. The first-order valence-electron chi connectivity index (χ1n) is 8.42. The summed E-state index contributed by atoms with van der Waals surface area (Å²) in [6.07, 6.45) is 0. The minimum atomic E-state index is -3.58. The third-order valence-electron chi connectivity index (χ3n) is 3.99. The minimum Gasteiger partial charge on any atom is -0.379 e. The molecule has 0 saturated carbocycles. The molecule has 0 bridgehead atoms. The molecule has 1 heterocycles. The number of nitrogens with one attached hydrogen (secondary N) is 1. The van der Waals surface area contributed by atoms with Crippen LogP contribution in [0, 0.1) is 6.92 Å². The van der Waals surface area contributed by atoms with Gasteiger partial charge in [-0.3, -0.25) is 4.79 Å². The molecule has 3 N–H and O–H groups in total. The van der Waals surface area contributed by atoms with Crippen molar-refractivity contribution < 1.29 is 23.3 Å². The van der Waals surface area contributed by atoms with Gasteiger partial charge in [0.15, 0.2) is 6.54 Å². The molecule has 0 atom stereocenters. The lowest BCUT2D eigenvalue weighted by molar-refractivity contribution is -0.707. The molecule has 8 heteroatoms. The molecule has 0 aliphatic carbocycles. The summed E-state index contributed by atoms with van der Waals surface area (Å²) < 4.78 is 32.1. The van der Waals surface area contributed by atoms with Crippen molar-refractivity contribution in [3.63, 3.8) is 0 Å². The number of morpholine rings is 1. The molecule has 1 aromatic carbocycles. The molecule has 25 heavy (non-hydrogen) atoms. The van der Waals surface area contributed by atoms with E-state index in [9.17, 15) is 13.2 Å². The zero-order valence-electron chi connectivity index (χ0n) is 15.3. The van der Waals surface area contributed by atoms with Gasteiger partial charge in [0, 0.05) is 18.8 Å². The Morgan fingerprint density at radius 2 is 1.92 bits per heavy atom. The molecule has 0 unspecified atom stereocenters. The smallest absolute Gasteiger partial charge is 0.279 e. The van der Waals surface area contributed by atoms with Crippen LogP contribution in [0.4, 0.5) is 5.69 Å². The second kappa shape index (κ2) is 7.82. The molecular weight excluding hydrogens is 342 g/mol. The van der Waals surface area contributed by atoms with E-state index in [0.29, 0.717) is 32.0 Å². The predicted molar refractivity (Wildman–Crippen MR) is 95.9 cm³/mol. The fraction of sp³-hybridized carbons (Fsp3) is 0.588. The van der Waals surface area contributed by atoms with Crippen LogP contribution in [0.25, 0.3) is 0 Å². The Morgan fingerprint density at radius 3 is 2.52 bits per heavy atom. The maximum Gasteiger partial charge on any atom is 0.279 e. The fourth-order valence-electron chi connectivity index (χ4n) is 2.43. The first kappa shape index (κ1) is 19.8. The average molecular weight is 370 g/mol. The summed E-state index contributed by atoms with van der Waals surface area (Å²) in [5.41, 5.74) is 1.31. The second-order valence-corrected chi connectivity index (χ2v) is 9.25. The number of benzene rings is 1. The highest BCUT2D eigenvalue weighted by Crippen LogP contribution is 2.23. The molecule has 7 nitrogen and oxygen atoms in total. The van der Waals surface area contributed by atoms with Crippen LogP contribution in [0.15, 0.2) is 23.1 Å². The first-order chi connectivity index (χ1) is 11.6. The number of aryl methyl sites for hydroxylation is 1. The Hall–Kier alpha value is -1.48. The number of quaternary nitrogens is 1. The van der Waals surface area contributed by atoms with Crippen LogP contribution in [0.1, 0.15) is 26.3 Å². The van der Waals surface area contributed by atoms with E-state index in [0.717, 1.165) is 5.56 Å². The van der Waals surface area contributed by atoms with Gasteiger partial charge in [-0.25, -0.2) is 8.42 Å². The maximum absolute atomic E-state index is 12.7. The normalized spacial score (nSPS) is 16.6. The van der Waals surface area contributed by atoms with E-state index in [4.69, 9.17) is 4.74 Å². The lowest BCUT2D eigenvalue weighted by Crippen LogP contribution is -2.95. The van der Waals surface area contributed by atoms with Crippen LogP contribution in [0.5, 0.6) is 0 Å². The van der Waals surface area contributed by atoms with E-state index in [-0.39, 0.29) is 22.9 Å². The number of rotatable bonds is 5. The number of nitrogens with two attached hydrogens (primary N) is 1. The Morgan fingerprint density at radius 1 is 1.28 bits per heavy atom. The highest BCUT2D eigenvalue weighted by atomic mass is 32.2. The van der Waals surface area contributed by atoms with Crippen molar-refractivity contribution in [1.29, 1.82) is 0 Å². The number of sulfonamides is 1. The summed E-state index contributed by atoms with van der Waals surface area (Å²) in [7, 11) is -3.58. The number of ether oxygens (including phenoxy) is 1. The number of nitrogens with zero attached hydrogens (tertiary/aromatic N) is 1. The van der Waals surface area contributed by atoms with Gasteiger partial charge in [0.25, 0.3) is 5.91 Å². The molecule has 0 aromatic heterocycles. The van der Waals surface area contributed by atoms with E-state index in [1.807, 2.05) is 33.0 Å². The van der Waals surface area contributed by atoms with Crippen LogP contribution in [-0.2, 0) is 19.6 Å². The van der Waals surface area contributed by atoms with Crippen LogP contribution >= 0.6 is 0 Å². The third-order valence-corrected chi connectivity index (χ3v) is 5.89. The van der Waals surface area contributed by atoms with Gasteiger partial charge >= 0.3 is 0 Å². The summed E-state index contributed by atoms with van der Waals surface area (Å²) in [4.78, 5) is 12.3. The monoisotopic (exact) mass is 370 g/mol. The van der Waals surface area contributed by atoms with Crippen molar-refractivity contribution in [2.45, 2.75) is 38.1 Å². The Balaban J connectivity index is 2.15. The van der Waals surface area contributed by atoms with E-state index in [1.165, 1.54) is 10.4 Å². The lowest BCUT2D eigenvalue weighted by Gasteiger charge is -2.26. The van der Waals surface area contributed by atoms with Gasteiger partial charge in [-0.2, -0.15) is 4.31 Å². The molecule has 2 rings (SSSR count). The van der Waals surface area contributed by atoms with Crippen molar-refractivity contribution >= 4 is 21.6 Å². The topological polar surface area (TPSA) is 92.3 Å². The van der Waals surface area contributed by atoms with Crippen molar-refractivity contribution in [2.24, 2.45) is 0 Å². The second-order valence-electron chi connectivity index (χ2n) is 7.32. The third kappa shape index (κ3) is 5.50. The number of carbonyl (C=O) groups excluding carboxylic acids is 1. The van der Waals surface area contributed by atoms with Gasteiger partial charge in [-0.15, -0.1) is 0 Å². The van der Waals surface area contributed by atoms with Crippen molar-refractivity contribution in [3.05, 3.63) is 23.8 Å². The van der Waals surface area contributed by atoms with Gasteiger partial charge in [0.05, 0.1) is 23.6 Å². The molecule has 1 amide bonds. The highest BCUT2D eigenvalue weighted by molar-refractivity contribution is 7.89. The fourth-order valence-corrected chi connectivity index (χ4v) is 3.87. The number of amides is 1. The molecule has 1 saturated heterocycles. The Kier molecular flexibility index (Phi) is 6.21. The number of anilines is 1. The van der Waals surface area contributed by atoms with Crippen LogP contribution in [-0.4, -0.2) is 57.0 Å². The SMILES string of the molecule is Cc1ccc(S(=O)(=O)N2CCOCC2)cc1NC(=O)C[NH2+]C(C)(C)C. The van der Waals surface area contributed by atoms with Gasteiger partial charge in [-0.05, 0) is 45.4 Å². The zero-order valence-corrected chi connectivity index (χ0v) is 16.1. The van der Waals surface area contributed by atoms with Crippen LogP contribution in [0.2, 0.25) is 0 Å². The summed E-state index contributed by atoms with van der Waals surface area (Å²) >= 11 is 0. The van der Waals surface area contributed by atoms with Crippen molar-refractivity contribution in [2.75, 3.05) is 38.2 Å². The summed E-state index contributed by atoms with van der Waals surface area (Å²) in [6, 6.07) is 4.84. The number of hydrogen-bond acceptors (Lipinski definition) is 4. The van der Waals surface area contributed by atoms with Gasteiger partial charge in [0.2, 0.25) is 10.0 Å². The molecule has 1 aromatic rings. The largest absolute Gasteiger partial charge is 0.379 e. The molecule has 1 aliphatic heterocycles.